The lowest BCUT2D eigenvalue weighted by molar-refractivity contribution is -0.199. The SMILES string of the molecule is N#Cc1ccc(N(CCCCCSc2ccc(OSOON)cc2)n2cnnc2)cc1. The van der Waals surface area contributed by atoms with Gasteiger partial charge in [0.1, 0.15) is 18.4 Å². The molecule has 0 saturated carbocycles. The monoisotopic (exact) mass is 458 g/mol. The summed E-state index contributed by atoms with van der Waals surface area (Å²) in [7, 11) is 0. The third kappa shape index (κ3) is 7.46. The summed E-state index contributed by atoms with van der Waals surface area (Å²) in [5, 5.41) is 18.9. The molecular weight excluding hydrogens is 436 g/mol. The first-order valence-electron chi connectivity index (χ1n) is 9.52. The molecule has 0 radical (unpaired) electrons. The van der Waals surface area contributed by atoms with Gasteiger partial charge >= 0.3 is 0 Å². The van der Waals surface area contributed by atoms with Gasteiger partial charge in [-0.15, -0.1) is 31.3 Å². The van der Waals surface area contributed by atoms with Crippen LogP contribution < -0.4 is 15.1 Å². The Morgan fingerprint density at radius 3 is 2.42 bits per heavy atom. The molecule has 2 aromatic carbocycles. The van der Waals surface area contributed by atoms with Crippen LogP contribution in [-0.4, -0.2) is 27.2 Å². The van der Waals surface area contributed by atoms with Gasteiger partial charge in [-0.2, -0.15) is 11.2 Å². The Morgan fingerprint density at radius 1 is 1.00 bits per heavy atom. The standard InChI is InChI=1S/C20H22N6O3S2/c21-14-17-4-6-18(7-5-17)26(25-15-23-24-16-25)12-2-1-3-13-30-20-10-8-19(9-11-20)27-31-29-28-22/h4-11,15-16H,1-3,12-13,22H2. The molecule has 0 aliphatic carbocycles. The van der Waals surface area contributed by atoms with Crippen molar-refractivity contribution in [3.8, 4) is 11.8 Å². The molecule has 31 heavy (non-hydrogen) atoms. The number of unbranched alkanes of at least 4 members (excludes halogenated alkanes) is 2. The summed E-state index contributed by atoms with van der Waals surface area (Å²) in [6.07, 6.45) is 6.57. The van der Waals surface area contributed by atoms with Crippen molar-refractivity contribution in [2.75, 3.05) is 17.3 Å². The van der Waals surface area contributed by atoms with Crippen LogP contribution in [0.4, 0.5) is 5.69 Å². The van der Waals surface area contributed by atoms with Crippen molar-refractivity contribution in [1.82, 2.24) is 14.9 Å². The topological polar surface area (TPSA) is 111 Å². The lowest BCUT2D eigenvalue weighted by Gasteiger charge is -2.24. The zero-order chi connectivity index (χ0) is 21.7. The number of thioether (sulfide) groups is 1. The maximum absolute atomic E-state index is 9.00. The average Bonchev–Trinajstić information content (AvgIpc) is 3.34. The van der Waals surface area contributed by atoms with Crippen LogP contribution in [0.15, 0.2) is 66.1 Å². The molecule has 1 heterocycles. The van der Waals surface area contributed by atoms with Crippen LogP contribution in [0.25, 0.3) is 0 Å². The molecule has 11 heteroatoms. The van der Waals surface area contributed by atoms with E-state index in [1.807, 2.05) is 53.2 Å². The van der Waals surface area contributed by atoms with Crippen molar-refractivity contribution in [2.24, 2.45) is 5.90 Å². The molecule has 1 aromatic heterocycles. The first kappa shape index (κ1) is 22.9. The molecule has 0 fully saturated rings. The van der Waals surface area contributed by atoms with Gasteiger partial charge in [0, 0.05) is 11.4 Å². The van der Waals surface area contributed by atoms with Gasteiger partial charge in [0.15, 0.2) is 0 Å². The first-order valence-corrected chi connectivity index (χ1v) is 11.2. The Bertz CT molecular complexity index is 933. The third-order valence-corrected chi connectivity index (χ3v) is 5.78. The van der Waals surface area contributed by atoms with E-state index in [2.05, 4.69) is 30.6 Å². The van der Waals surface area contributed by atoms with Crippen molar-refractivity contribution in [3.63, 3.8) is 0 Å². The molecule has 2 N–H and O–H groups in total. The number of hydrogen-bond donors (Lipinski definition) is 1. The molecule has 0 bridgehead atoms. The highest BCUT2D eigenvalue weighted by molar-refractivity contribution is 7.99. The highest BCUT2D eigenvalue weighted by atomic mass is 32.2. The van der Waals surface area contributed by atoms with E-state index in [1.54, 1.807) is 24.4 Å². The van der Waals surface area contributed by atoms with Gasteiger partial charge in [0.2, 0.25) is 0 Å². The Balaban J connectivity index is 1.40. The molecule has 0 unspecified atom stereocenters. The Labute approximate surface area is 189 Å². The number of nitrogens with two attached hydrogens (primary N) is 1. The van der Waals surface area contributed by atoms with Gasteiger partial charge in [0.05, 0.1) is 17.3 Å². The molecule has 0 saturated heterocycles. The summed E-state index contributed by atoms with van der Waals surface area (Å²) in [6.45, 7) is 0.826. The fourth-order valence-electron chi connectivity index (χ4n) is 2.80. The minimum Gasteiger partial charge on any atom is -0.399 e. The summed E-state index contributed by atoms with van der Waals surface area (Å²) in [6, 6.07) is 17.4. The van der Waals surface area contributed by atoms with Crippen molar-refractivity contribution < 1.29 is 13.5 Å². The molecule has 3 aromatic rings. The van der Waals surface area contributed by atoms with Crippen LogP contribution in [-0.2, 0) is 9.32 Å². The quantitative estimate of drug-likeness (QED) is 0.132. The third-order valence-electron chi connectivity index (χ3n) is 4.28. The zero-order valence-corrected chi connectivity index (χ0v) is 18.3. The van der Waals surface area contributed by atoms with Crippen LogP contribution in [0.3, 0.4) is 0 Å². The number of nitrogens with zero attached hydrogens (tertiary/aromatic N) is 5. The highest BCUT2D eigenvalue weighted by Crippen LogP contribution is 2.25. The molecule has 3 rings (SSSR count). The van der Waals surface area contributed by atoms with E-state index in [1.165, 1.54) is 4.90 Å². The van der Waals surface area contributed by atoms with Crippen molar-refractivity contribution in [3.05, 3.63) is 66.7 Å². The number of benzene rings is 2. The van der Waals surface area contributed by atoms with Crippen LogP contribution in [0.5, 0.6) is 5.75 Å². The Morgan fingerprint density at radius 2 is 1.74 bits per heavy atom. The fraction of sp³-hybridized carbons (Fsp3) is 0.250. The molecule has 9 nitrogen and oxygen atoms in total. The maximum Gasteiger partial charge on any atom is 0.260 e. The van der Waals surface area contributed by atoms with Crippen LogP contribution in [0.1, 0.15) is 24.8 Å². The van der Waals surface area contributed by atoms with Crippen molar-refractivity contribution >= 4 is 29.8 Å². The van der Waals surface area contributed by atoms with E-state index in [9.17, 15) is 0 Å². The molecule has 0 aliphatic rings. The van der Waals surface area contributed by atoms with Gasteiger partial charge in [0.25, 0.3) is 12.3 Å². The van der Waals surface area contributed by atoms with Gasteiger partial charge in [-0.3, -0.25) is 5.01 Å². The second-order valence-corrected chi connectivity index (χ2v) is 7.93. The molecule has 0 amide bonds. The van der Waals surface area contributed by atoms with Crippen LogP contribution >= 0.6 is 24.1 Å². The molecule has 0 atom stereocenters. The van der Waals surface area contributed by atoms with Gasteiger partial charge in [-0.1, -0.05) is 6.42 Å². The van der Waals surface area contributed by atoms with Crippen LogP contribution in [0, 0.1) is 11.3 Å². The van der Waals surface area contributed by atoms with E-state index in [0.29, 0.717) is 23.6 Å². The summed E-state index contributed by atoms with van der Waals surface area (Å²) < 4.78 is 11.5. The largest absolute Gasteiger partial charge is 0.399 e. The molecule has 0 spiro atoms. The van der Waals surface area contributed by atoms with E-state index in [0.717, 1.165) is 37.2 Å². The van der Waals surface area contributed by atoms with E-state index in [4.69, 9.17) is 15.3 Å². The number of aromatic nitrogens is 3. The second-order valence-electron chi connectivity index (χ2n) is 6.32. The predicted molar refractivity (Wildman–Crippen MR) is 120 cm³/mol. The fourth-order valence-corrected chi connectivity index (χ4v) is 3.96. The molecular formula is C20H22N6O3S2. The smallest absolute Gasteiger partial charge is 0.260 e. The van der Waals surface area contributed by atoms with Gasteiger partial charge < -0.3 is 4.18 Å². The van der Waals surface area contributed by atoms with Gasteiger partial charge in [-0.05, 0) is 67.1 Å². The van der Waals surface area contributed by atoms with E-state index in [-0.39, 0.29) is 0 Å². The lowest BCUT2D eigenvalue weighted by Crippen LogP contribution is -2.29. The van der Waals surface area contributed by atoms with Crippen molar-refractivity contribution in [1.29, 1.82) is 5.26 Å². The Hall–Kier alpha value is -2.75. The first-order chi connectivity index (χ1) is 15.3. The summed E-state index contributed by atoms with van der Waals surface area (Å²) in [4.78, 5) is 5.13. The second kappa shape index (κ2) is 12.8. The summed E-state index contributed by atoms with van der Waals surface area (Å²) in [5.74, 6) is 6.43. The highest BCUT2D eigenvalue weighted by Gasteiger charge is 2.09. The van der Waals surface area contributed by atoms with E-state index < -0.39 is 0 Å². The number of nitriles is 1. The number of rotatable bonds is 13. The predicted octanol–water partition coefficient (Wildman–Crippen LogP) is 4.15. The van der Waals surface area contributed by atoms with Crippen LogP contribution in [0.2, 0.25) is 0 Å². The molecule has 162 valence electrons. The zero-order valence-electron chi connectivity index (χ0n) is 16.7. The molecule has 0 aliphatic heterocycles. The lowest BCUT2D eigenvalue weighted by atomic mass is 10.2. The minimum atomic E-state index is 0.640. The maximum atomic E-state index is 9.00. The minimum absolute atomic E-state index is 0.640. The summed E-state index contributed by atoms with van der Waals surface area (Å²) in [5.41, 5.74) is 1.64. The van der Waals surface area contributed by atoms with E-state index >= 15 is 0 Å². The number of hydrogen-bond acceptors (Lipinski definition) is 10. The average molecular weight is 459 g/mol. The summed E-state index contributed by atoms with van der Waals surface area (Å²) >= 11 is 2.47. The Kier molecular flexibility index (Phi) is 9.49. The normalized spacial score (nSPS) is 10.6. The van der Waals surface area contributed by atoms with Crippen molar-refractivity contribution in [2.45, 2.75) is 24.2 Å². The van der Waals surface area contributed by atoms with Gasteiger partial charge in [-0.25, -0.2) is 4.68 Å². The number of anilines is 1.